The second-order valence-corrected chi connectivity index (χ2v) is 8.55. The maximum absolute atomic E-state index is 13.0. The molecule has 0 saturated heterocycles. The zero-order valence-corrected chi connectivity index (χ0v) is 17.4. The topological polar surface area (TPSA) is 75.3 Å². The van der Waals surface area contributed by atoms with Crippen molar-refractivity contribution < 1.29 is 13.2 Å². The average molecular weight is 389 g/mol. The number of hydrogen-bond donors (Lipinski definition) is 2. The van der Waals surface area contributed by atoms with E-state index in [1.165, 1.54) is 12.1 Å². The molecule has 6 heteroatoms. The summed E-state index contributed by atoms with van der Waals surface area (Å²) in [6, 6.07) is 10.4. The van der Waals surface area contributed by atoms with Gasteiger partial charge >= 0.3 is 0 Å². The van der Waals surface area contributed by atoms with Crippen LogP contribution >= 0.6 is 0 Å². The Kier molecular flexibility index (Phi) is 6.65. The van der Waals surface area contributed by atoms with Crippen molar-refractivity contribution in [2.45, 2.75) is 58.4 Å². The summed E-state index contributed by atoms with van der Waals surface area (Å²) in [5.74, 6) is -0.275. The Balaban J connectivity index is 2.45. The first kappa shape index (κ1) is 21.0. The van der Waals surface area contributed by atoms with Crippen LogP contribution in [-0.2, 0) is 22.9 Å². The number of anilines is 1. The first-order valence-electron chi connectivity index (χ1n) is 9.24. The van der Waals surface area contributed by atoms with Gasteiger partial charge in [-0.3, -0.25) is 9.52 Å². The van der Waals surface area contributed by atoms with Gasteiger partial charge in [0.1, 0.15) is 0 Å². The molecular weight excluding hydrogens is 360 g/mol. The summed E-state index contributed by atoms with van der Waals surface area (Å²) in [4.78, 5) is 12.5. The SMILES string of the molecule is CCc1cccc(CC)c1NS(=O)(=O)c1ccc(C)c(C(=O)NC(C)C)c1. The van der Waals surface area contributed by atoms with E-state index in [0.29, 0.717) is 11.3 Å². The lowest BCUT2D eigenvalue weighted by Gasteiger charge is -2.17. The van der Waals surface area contributed by atoms with Gasteiger partial charge in [-0.05, 0) is 62.4 Å². The zero-order valence-electron chi connectivity index (χ0n) is 16.6. The van der Waals surface area contributed by atoms with Crippen LogP contribution in [-0.4, -0.2) is 20.4 Å². The first-order chi connectivity index (χ1) is 12.7. The molecule has 0 fully saturated rings. The molecule has 0 atom stereocenters. The quantitative estimate of drug-likeness (QED) is 0.751. The highest BCUT2D eigenvalue weighted by Crippen LogP contribution is 2.26. The normalized spacial score (nSPS) is 11.5. The van der Waals surface area contributed by atoms with E-state index in [4.69, 9.17) is 0 Å². The van der Waals surface area contributed by atoms with E-state index in [1.54, 1.807) is 13.0 Å². The molecule has 2 rings (SSSR count). The third kappa shape index (κ3) is 4.89. The van der Waals surface area contributed by atoms with Crippen molar-refractivity contribution in [1.29, 1.82) is 0 Å². The number of nitrogens with one attached hydrogen (secondary N) is 2. The summed E-state index contributed by atoms with van der Waals surface area (Å²) in [5, 5.41) is 2.81. The highest BCUT2D eigenvalue weighted by Gasteiger charge is 2.20. The van der Waals surface area contributed by atoms with Crippen LogP contribution < -0.4 is 10.0 Å². The van der Waals surface area contributed by atoms with Crippen molar-refractivity contribution >= 4 is 21.6 Å². The number of sulfonamides is 1. The van der Waals surface area contributed by atoms with Gasteiger partial charge in [0.15, 0.2) is 0 Å². The van der Waals surface area contributed by atoms with Crippen LogP contribution in [0, 0.1) is 6.92 Å². The molecule has 146 valence electrons. The van der Waals surface area contributed by atoms with Crippen LogP contribution in [0.4, 0.5) is 5.69 Å². The van der Waals surface area contributed by atoms with Crippen molar-refractivity contribution in [1.82, 2.24) is 5.32 Å². The first-order valence-corrected chi connectivity index (χ1v) is 10.7. The summed E-state index contributed by atoms with van der Waals surface area (Å²) in [6.07, 6.45) is 1.45. The summed E-state index contributed by atoms with van der Waals surface area (Å²) in [7, 11) is -3.81. The minimum Gasteiger partial charge on any atom is -0.350 e. The third-order valence-electron chi connectivity index (χ3n) is 4.42. The Hall–Kier alpha value is -2.34. The molecule has 0 aliphatic heterocycles. The van der Waals surface area contributed by atoms with Crippen molar-refractivity contribution in [3.8, 4) is 0 Å². The smallest absolute Gasteiger partial charge is 0.261 e. The molecule has 0 bridgehead atoms. The molecule has 2 N–H and O–H groups in total. The highest BCUT2D eigenvalue weighted by molar-refractivity contribution is 7.92. The van der Waals surface area contributed by atoms with Crippen molar-refractivity contribution in [2.75, 3.05) is 4.72 Å². The van der Waals surface area contributed by atoms with Gasteiger partial charge in [0.2, 0.25) is 0 Å². The molecular formula is C21H28N2O3S. The Morgan fingerprint density at radius 3 is 2.15 bits per heavy atom. The predicted molar refractivity (Wildman–Crippen MR) is 110 cm³/mol. The van der Waals surface area contributed by atoms with Crippen LogP contribution in [0.25, 0.3) is 0 Å². The Morgan fingerprint density at radius 2 is 1.63 bits per heavy atom. The van der Waals surface area contributed by atoms with Crippen LogP contribution in [0.2, 0.25) is 0 Å². The van der Waals surface area contributed by atoms with Gasteiger partial charge < -0.3 is 5.32 Å². The number of rotatable bonds is 7. The van der Waals surface area contributed by atoms with E-state index in [-0.39, 0.29) is 16.8 Å². The van der Waals surface area contributed by atoms with E-state index in [2.05, 4.69) is 10.0 Å². The van der Waals surface area contributed by atoms with E-state index < -0.39 is 10.0 Å². The average Bonchev–Trinajstić information content (AvgIpc) is 2.61. The summed E-state index contributed by atoms with van der Waals surface area (Å²) < 4.78 is 28.7. The van der Waals surface area contributed by atoms with Gasteiger partial charge in [0.05, 0.1) is 10.6 Å². The summed E-state index contributed by atoms with van der Waals surface area (Å²) in [5.41, 5.74) is 3.63. The van der Waals surface area contributed by atoms with Gasteiger partial charge in [-0.15, -0.1) is 0 Å². The number of carbonyl (C=O) groups is 1. The van der Waals surface area contributed by atoms with Crippen LogP contribution in [0.5, 0.6) is 0 Å². The summed E-state index contributed by atoms with van der Waals surface area (Å²) >= 11 is 0. The van der Waals surface area contributed by atoms with Crippen molar-refractivity contribution in [3.63, 3.8) is 0 Å². The molecule has 0 aromatic heterocycles. The molecule has 27 heavy (non-hydrogen) atoms. The Bertz CT molecular complexity index is 912. The van der Waals surface area contributed by atoms with Crippen LogP contribution in [0.3, 0.4) is 0 Å². The van der Waals surface area contributed by atoms with Crippen molar-refractivity contribution in [2.24, 2.45) is 0 Å². The van der Waals surface area contributed by atoms with E-state index >= 15 is 0 Å². The lowest BCUT2D eigenvalue weighted by atomic mass is 10.0. The van der Waals surface area contributed by atoms with Gasteiger partial charge in [0, 0.05) is 11.6 Å². The molecule has 0 aliphatic rings. The van der Waals surface area contributed by atoms with E-state index in [0.717, 1.165) is 29.5 Å². The lowest BCUT2D eigenvalue weighted by Crippen LogP contribution is -2.30. The van der Waals surface area contributed by atoms with Crippen LogP contribution in [0.15, 0.2) is 41.3 Å². The maximum atomic E-state index is 13.0. The van der Waals surface area contributed by atoms with E-state index in [1.807, 2.05) is 45.9 Å². The molecule has 2 aromatic carbocycles. The molecule has 0 unspecified atom stereocenters. The van der Waals surface area contributed by atoms with Gasteiger partial charge in [0.25, 0.3) is 15.9 Å². The van der Waals surface area contributed by atoms with Gasteiger partial charge in [-0.1, -0.05) is 38.1 Å². The molecule has 0 radical (unpaired) electrons. The number of para-hydroxylation sites is 1. The molecule has 5 nitrogen and oxygen atoms in total. The molecule has 0 heterocycles. The highest BCUT2D eigenvalue weighted by atomic mass is 32.2. The lowest BCUT2D eigenvalue weighted by molar-refractivity contribution is 0.0942. The molecule has 0 spiro atoms. The van der Waals surface area contributed by atoms with Crippen molar-refractivity contribution in [3.05, 3.63) is 58.7 Å². The second-order valence-electron chi connectivity index (χ2n) is 6.87. The van der Waals surface area contributed by atoms with Gasteiger partial charge in [-0.25, -0.2) is 8.42 Å². The number of benzene rings is 2. The molecule has 1 amide bonds. The molecule has 2 aromatic rings. The fourth-order valence-corrected chi connectivity index (χ4v) is 4.09. The second kappa shape index (κ2) is 8.57. The number of carbonyl (C=O) groups excluding carboxylic acids is 1. The largest absolute Gasteiger partial charge is 0.350 e. The number of aryl methyl sites for hydroxylation is 3. The molecule has 0 saturated carbocycles. The number of amides is 1. The molecule has 0 aliphatic carbocycles. The third-order valence-corrected chi connectivity index (χ3v) is 5.77. The monoisotopic (exact) mass is 388 g/mol. The zero-order chi connectivity index (χ0) is 20.2. The fourth-order valence-electron chi connectivity index (χ4n) is 2.92. The van der Waals surface area contributed by atoms with Crippen LogP contribution in [0.1, 0.15) is 54.7 Å². The van der Waals surface area contributed by atoms with E-state index in [9.17, 15) is 13.2 Å². The maximum Gasteiger partial charge on any atom is 0.261 e. The van der Waals surface area contributed by atoms with Gasteiger partial charge in [-0.2, -0.15) is 0 Å². The predicted octanol–water partition coefficient (Wildman–Crippen LogP) is 4.06. The minimum atomic E-state index is -3.81. The minimum absolute atomic E-state index is 0.0289. The Morgan fingerprint density at radius 1 is 1.04 bits per heavy atom. The number of hydrogen-bond acceptors (Lipinski definition) is 3. The summed E-state index contributed by atoms with van der Waals surface area (Å²) in [6.45, 7) is 9.51. The Labute approximate surface area is 162 Å². The fraction of sp³-hybridized carbons (Fsp3) is 0.381. The standard InChI is InChI=1S/C21H28N2O3S/c1-6-16-9-8-10-17(7-2)20(16)23-27(25,26)18-12-11-15(5)19(13-18)21(24)22-14(3)4/h8-14,23H,6-7H2,1-5H3,(H,22,24).